The summed E-state index contributed by atoms with van der Waals surface area (Å²) in [6.07, 6.45) is 8.99. The highest BCUT2D eigenvalue weighted by atomic mass is 19.1. The maximum Gasteiger partial charge on any atom is 0.241 e. The van der Waals surface area contributed by atoms with Gasteiger partial charge in [-0.25, -0.2) is 4.39 Å². The summed E-state index contributed by atoms with van der Waals surface area (Å²) in [7, 11) is 0. The van der Waals surface area contributed by atoms with Crippen molar-refractivity contribution in [2.45, 2.75) is 51.5 Å². The van der Waals surface area contributed by atoms with Crippen molar-refractivity contribution in [3.8, 4) is 0 Å². The largest absolute Gasteiger partial charge is 0.367 e. The number of rotatable bonds is 6. The molecular formula is C23H30FN3O2. The van der Waals surface area contributed by atoms with Gasteiger partial charge in [0.15, 0.2) is 5.78 Å². The van der Waals surface area contributed by atoms with E-state index in [1.165, 1.54) is 31.5 Å². The second-order valence-electron chi connectivity index (χ2n) is 8.42. The normalized spacial score (nSPS) is 20.3. The molecule has 1 heterocycles. The highest BCUT2D eigenvalue weighted by Gasteiger charge is 2.35. The molecule has 2 fully saturated rings. The molecule has 1 saturated heterocycles. The van der Waals surface area contributed by atoms with Gasteiger partial charge in [0.2, 0.25) is 5.91 Å². The van der Waals surface area contributed by atoms with Crippen LogP contribution in [-0.4, -0.2) is 60.3 Å². The summed E-state index contributed by atoms with van der Waals surface area (Å²) >= 11 is 0. The average Bonchev–Trinajstić information content (AvgIpc) is 3.54. The standard InChI is InChI=1S/C23H30FN3O2/c1-17(28)18-7-10-22(21(24)15-18)26-13-11-25(12-14-26)16-23(29)27(20-8-9-20)19-5-3-2-4-6-19/h5,7,10,15,20H,2-4,6,8-9,11-14,16H2,1H3. The summed E-state index contributed by atoms with van der Waals surface area (Å²) in [4.78, 5) is 30.7. The molecule has 4 rings (SSSR count). The molecule has 1 aliphatic heterocycles. The summed E-state index contributed by atoms with van der Waals surface area (Å²) in [5.41, 5.74) is 2.16. The van der Waals surface area contributed by atoms with Crippen LogP contribution in [0.3, 0.4) is 0 Å². The smallest absolute Gasteiger partial charge is 0.241 e. The number of amides is 1. The SMILES string of the molecule is CC(=O)c1ccc(N2CCN(CC(=O)N(C3=CCCCC3)C3CC3)CC2)c(F)c1. The Morgan fingerprint density at radius 2 is 1.90 bits per heavy atom. The number of hydrogen-bond donors (Lipinski definition) is 0. The van der Waals surface area contributed by atoms with Gasteiger partial charge in [-0.05, 0) is 63.6 Å². The van der Waals surface area contributed by atoms with Gasteiger partial charge in [-0.3, -0.25) is 14.5 Å². The van der Waals surface area contributed by atoms with Crippen molar-refractivity contribution in [2.75, 3.05) is 37.6 Å². The zero-order chi connectivity index (χ0) is 20.4. The van der Waals surface area contributed by atoms with Gasteiger partial charge >= 0.3 is 0 Å². The molecule has 0 radical (unpaired) electrons. The predicted octanol–water partition coefficient (Wildman–Crippen LogP) is 3.60. The van der Waals surface area contributed by atoms with Crippen LogP contribution in [0.2, 0.25) is 0 Å². The molecule has 0 spiro atoms. The summed E-state index contributed by atoms with van der Waals surface area (Å²) in [6.45, 7) is 4.70. The van der Waals surface area contributed by atoms with E-state index in [1.54, 1.807) is 12.1 Å². The number of allylic oxidation sites excluding steroid dienone is 2. The van der Waals surface area contributed by atoms with E-state index in [2.05, 4.69) is 15.9 Å². The van der Waals surface area contributed by atoms with E-state index in [4.69, 9.17) is 0 Å². The van der Waals surface area contributed by atoms with Gasteiger partial charge in [0.05, 0.1) is 12.2 Å². The van der Waals surface area contributed by atoms with Crippen molar-refractivity contribution in [3.63, 3.8) is 0 Å². The van der Waals surface area contributed by atoms with E-state index in [1.807, 2.05) is 4.90 Å². The predicted molar refractivity (Wildman–Crippen MR) is 111 cm³/mol. The minimum absolute atomic E-state index is 0.132. The second kappa shape index (κ2) is 8.66. The number of carbonyl (C=O) groups excluding carboxylic acids is 2. The Kier molecular flexibility index (Phi) is 5.99. The van der Waals surface area contributed by atoms with Gasteiger partial charge in [0, 0.05) is 43.5 Å². The number of halogens is 1. The molecule has 0 bridgehead atoms. The number of Topliss-reactive ketones (excluding diaryl/α,β-unsaturated/α-hetero) is 1. The molecule has 6 heteroatoms. The zero-order valence-electron chi connectivity index (χ0n) is 17.2. The Labute approximate surface area is 172 Å². The lowest BCUT2D eigenvalue weighted by molar-refractivity contribution is -0.131. The molecular weight excluding hydrogens is 369 g/mol. The molecule has 2 aliphatic carbocycles. The van der Waals surface area contributed by atoms with E-state index in [-0.39, 0.29) is 17.5 Å². The van der Waals surface area contributed by atoms with Gasteiger partial charge in [0.1, 0.15) is 5.82 Å². The summed E-state index contributed by atoms with van der Waals surface area (Å²) in [5, 5.41) is 0. The van der Waals surface area contributed by atoms with E-state index in [0.717, 1.165) is 38.8 Å². The third kappa shape index (κ3) is 4.69. The fourth-order valence-electron chi connectivity index (χ4n) is 4.37. The quantitative estimate of drug-likeness (QED) is 0.686. The van der Waals surface area contributed by atoms with Gasteiger partial charge in [-0.1, -0.05) is 6.08 Å². The highest BCUT2D eigenvalue weighted by Crippen LogP contribution is 2.34. The van der Waals surface area contributed by atoms with Crippen LogP contribution in [0.15, 0.2) is 30.0 Å². The first-order valence-electron chi connectivity index (χ1n) is 10.8. The minimum atomic E-state index is -0.355. The highest BCUT2D eigenvalue weighted by molar-refractivity contribution is 5.94. The lowest BCUT2D eigenvalue weighted by atomic mass is 10.0. The molecule has 0 atom stereocenters. The number of piperazine rings is 1. The van der Waals surface area contributed by atoms with Crippen molar-refractivity contribution < 1.29 is 14.0 Å². The van der Waals surface area contributed by atoms with Gasteiger partial charge in [-0.15, -0.1) is 0 Å². The Bertz CT molecular complexity index is 810. The molecule has 156 valence electrons. The Hall–Kier alpha value is -2.21. The maximum absolute atomic E-state index is 14.4. The summed E-state index contributed by atoms with van der Waals surface area (Å²) < 4.78 is 14.4. The molecule has 1 aromatic carbocycles. The first-order chi connectivity index (χ1) is 14.0. The molecule has 1 saturated carbocycles. The van der Waals surface area contributed by atoms with Crippen molar-refractivity contribution in [3.05, 3.63) is 41.4 Å². The van der Waals surface area contributed by atoms with E-state index >= 15 is 0 Å². The molecule has 29 heavy (non-hydrogen) atoms. The van der Waals surface area contributed by atoms with Gasteiger partial charge < -0.3 is 9.80 Å². The molecule has 5 nitrogen and oxygen atoms in total. The Balaban J connectivity index is 1.34. The van der Waals surface area contributed by atoms with Crippen LogP contribution in [-0.2, 0) is 4.79 Å². The molecule has 3 aliphatic rings. The third-order valence-corrected chi connectivity index (χ3v) is 6.18. The van der Waals surface area contributed by atoms with E-state index < -0.39 is 0 Å². The van der Waals surface area contributed by atoms with E-state index in [0.29, 0.717) is 36.9 Å². The van der Waals surface area contributed by atoms with E-state index in [9.17, 15) is 14.0 Å². The number of benzene rings is 1. The molecule has 0 aromatic heterocycles. The fraction of sp³-hybridized carbons (Fsp3) is 0.565. The molecule has 0 unspecified atom stereocenters. The lowest BCUT2D eigenvalue weighted by Crippen LogP contribution is -2.50. The first-order valence-corrected chi connectivity index (χ1v) is 10.8. The number of ketones is 1. The molecule has 0 N–H and O–H groups in total. The number of carbonyl (C=O) groups is 2. The number of anilines is 1. The number of hydrogen-bond acceptors (Lipinski definition) is 4. The lowest BCUT2D eigenvalue weighted by Gasteiger charge is -2.37. The van der Waals surface area contributed by atoms with Crippen LogP contribution >= 0.6 is 0 Å². The summed E-state index contributed by atoms with van der Waals surface area (Å²) in [6, 6.07) is 5.10. The van der Waals surface area contributed by atoms with Gasteiger partial charge in [-0.2, -0.15) is 0 Å². The zero-order valence-corrected chi connectivity index (χ0v) is 17.2. The average molecular weight is 400 g/mol. The van der Waals surface area contributed by atoms with Crippen LogP contribution in [0.1, 0.15) is 55.8 Å². The molecule has 1 aromatic rings. The maximum atomic E-state index is 14.4. The topological polar surface area (TPSA) is 43.9 Å². The third-order valence-electron chi connectivity index (χ3n) is 6.18. The van der Waals surface area contributed by atoms with Crippen LogP contribution < -0.4 is 4.90 Å². The minimum Gasteiger partial charge on any atom is -0.367 e. The Morgan fingerprint density at radius 1 is 1.14 bits per heavy atom. The van der Waals surface area contributed by atoms with Crippen molar-refractivity contribution in [1.82, 2.24) is 9.80 Å². The van der Waals surface area contributed by atoms with Crippen LogP contribution in [0.5, 0.6) is 0 Å². The van der Waals surface area contributed by atoms with Crippen molar-refractivity contribution >= 4 is 17.4 Å². The van der Waals surface area contributed by atoms with Crippen LogP contribution in [0.4, 0.5) is 10.1 Å². The summed E-state index contributed by atoms with van der Waals surface area (Å²) in [5.74, 6) is -0.274. The Morgan fingerprint density at radius 3 is 2.48 bits per heavy atom. The van der Waals surface area contributed by atoms with Crippen LogP contribution in [0, 0.1) is 5.82 Å². The molecule has 1 amide bonds. The van der Waals surface area contributed by atoms with Gasteiger partial charge in [0.25, 0.3) is 0 Å². The van der Waals surface area contributed by atoms with Crippen molar-refractivity contribution in [1.29, 1.82) is 0 Å². The van der Waals surface area contributed by atoms with Crippen LogP contribution in [0.25, 0.3) is 0 Å². The first kappa shape index (κ1) is 20.1. The second-order valence-corrected chi connectivity index (χ2v) is 8.42. The monoisotopic (exact) mass is 399 g/mol. The fourth-order valence-corrected chi connectivity index (χ4v) is 4.37. The van der Waals surface area contributed by atoms with Crippen molar-refractivity contribution in [2.24, 2.45) is 0 Å². The number of nitrogens with zero attached hydrogens (tertiary/aromatic N) is 3.